The quantitative estimate of drug-likeness (QED) is 0.265. The first-order valence-corrected chi connectivity index (χ1v) is 12.8. The third-order valence-electron chi connectivity index (χ3n) is 6.51. The molecule has 0 aromatic heterocycles. The molecule has 2 amide bonds. The van der Waals surface area contributed by atoms with E-state index in [4.69, 9.17) is 14.3 Å². The lowest BCUT2D eigenvalue weighted by Gasteiger charge is -2.29. The molecule has 3 aromatic carbocycles. The smallest absolute Gasteiger partial charge is 0.266 e. The summed E-state index contributed by atoms with van der Waals surface area (Å²) < 4.78 is 11.9. The number of para-hydroxylation sites is 1. The summed E-state index contributed by atoms with van der Waals surface area (Å²) in [7, 11) is 1.60. The van der Waals surface area contributed by atoms with E-state index in [1.165, 1.54) is 4.90 Å². The topological polar surface area (TPSA) is 68.3 Å². The SMILES string of the molecule is CCCCOc1ccc(N2C(=O)[C@H]3[C@@H](c4ccc(OC)c(Br)c4)N(c4ccccc4)O[C@H]3C2=O)cc1. The number of hydrogen-bond donors (Lipinski definition) is 0. The Morgan fingerprint density at radius 2 is 1.69 bits per heavy atom. The van der Waals surface area contributed by atoms with Crippen molar-refractivity contribution in [2.75, 3.05) is 23.7 Å². The van der Waals surface area contributed by atoms with Gasteiger partial charge in [-0.1, -0.05) is 37.6 Å². The number of ether oxygens (including phenoxy) is 2. The van der Waals surface area contributed by atoms with E-state index in [-0.39, 0.29) is 11.8 Å². The first kappa shape index (κ1) is 24.3. The number of amides is 2. The summed E-state index contributed by atoms with van der Waals surface area (Å²) in [6, 6.07) is 21.7. The Kier molecular flexibility index (Phi) is 6.98. The third kappa shape index (κ3) is 4.35. The van der Waals surface area contributed by atoms with E-state index in [1.54, 1.807) is 36.4 Å². The predicted octanol–water partition coefficient (Wildman–Crippen LogP) is 5.69. The van der Waals surface area contributed by atoms with Crippen molar-refractivity contribution in [2.24, 2.45) is 5.92 Å². The molecule has 0 radical (unpaired) electrons. The highest BCUT2D eigenvalue weighted by Crippen LogP contribution is 2.48. The normalized spacial score (nSPS) is 21.1. The number of halogens is 1. The molecule has 0 bridgehead atoms. The summed E-state index contributed by atoms with van der Waals surface area (Å²) in [5.74, 6) is 0.00953. The number of imide groups is 1. The van der Waals surface area contributed by atoms with Gasteiger partial charge in [0.15, 0.2) is 6.10 Å². The molecular weight excluding hydrogens is 524 g/mol. The number of hydrogen-bond acceptors (Lipinski definition) is 6. The number of unbranched alkanes of at least 4 members (excludes halogenated alkanes) is 1. The second kappa shape index (κ2) is 10.3. The predicted molar refractivity (Wildman–Crippen MR) is 140 cm³/mol. The molecule has 0 N–H and O–H groups in total. The van der Waals surface area contributed by atoms with Crippen LogP contribution in [0.1, 0.15) is 31.4 Å². The van der Waals surface area contributed by atoms with Gasteiger partial charge in [0.1, 0.15) is 17.4 Å². The molecule has 3 atom stereocenters. The largest absolute Gasteiger partial charge is 0.496 e. The van der Waals surface area contributed by atoms with Gasteiger partial charge in [0.05, 0.1) is 35.6 Å². The van der Waals surface area contributed by atoms with Crippen LogP contribution in [0.5, 0.6) is 11.5 Å². The molecule has 2 saturated heterocycles. The molecule has 0 saturated carbocycles. The highest BCUT2D eigenvalue weighted by molar-refractivity contribution is 9.10. The Hall–Kier alpha value is -3.36. The maximum absolute atomic E-state index is 13.8. The van der Waals surface area contributed by atoms with Crippen LogP contribution in [-0.4, -0.2) is 31.6 Å². The average Bonchev–Trinajstić information content (AvgIpc) is 3.41. The van der Waals surface area contributed by atoms with E-state index < -0.39 is 18.1 Å². The minimum atomic E-state index is -0.927. The standard InChI is InChI=1S/C28H27BrN2O5/c1-3-4-16-35-21-13-11-19(12-14-21)30-27(32)24-25(18-10-15-23(34-2)22(29)17-18)31(36-26(24)28(30)33)20-8-6-5-7-9-20/h5-15,17,24-26H,3-4,16H2,1-2H3/t24-,25+,26+/m0/s1. The molecule has 0 unspecified atom stereocenters. The number of methoxy groups -OCH3 is 1. The van der Waals surface area contributed by atoms with Gasteiger partial charge in [0.25, 0.3) is 5.91 Å². The van der Waals surface area contributed by atoms with E-state index in [0.717, 1.165) is 28.6 Å². The van der Waals surface area contributed by atoms with E-state index >= 15 is 0 Å². The summed E-state index contributed by atoms with van der Waals surface area (Å²) in [6.45, 7) is 2.73. The van der Waals surface area contributed by atoms with Crippen LogP contribution in [0.25, 0.3) is 0 Å². The van der Waals surface area contributed by atoms with Gasteiger partial charge in [-0.2, -0.15) is 0 Å². The number of fused-ring (bicyclic) bond motifs is 1. The van der Waals surface area contributed by atoms with E-state index in [1.807, 2.05) is 48.5 Å². The van der Waals surface area contributed by atoms with Crippen molar-refractivity contribution in [3.05, 3.63) is 82.8 Å². The van der Waals surface area contributed by atoms with Gasteiger partial charge in [-0.25, -0.2) is 9.96 Å². The number of rotatable bonds is 8. The zero-order valence-corrected chi connectivity index (χ0v) is 21.7. The second-order valence-electron chi connectivity index (χ2n) is 8.76. The summed E-state index contributed by atoms with van der Waals surface area (Å²) in [4.78, 5) is 34.7. The Labute approximate surface area is 218 Å². The Bertz CT molecular complexity index is 1250. The number of benzene rings is 3. The van der Waals surface area contributed by atoms with Gasteiger partial charge in [-0.15, -0.1) is 0 Å². The van der Waals surface area contributed by atoms with Crippen molar-refractivity contribution in [3.63, 3.8) is 0 Å². The van der Waals surface area contributed by atoms with Crippen LogP contribution >= 0.6 is 15.9 Å². The molecule has 0 aliphatic carbocycles. The minimum Gasteiger partial charge on any atom is -0.496 e. The number of anilines is 2. The Morgan fingerprint density at radius 1 is 0.944 bits per heavy atom. The van der Waals surface area contributed by atoms with E-state index in [2.05, 4.69) is 22.9 Å². The van der Waals surface area contributed by atoms with Crippen LogP contribution in [-0.2, 0) is 14.4 Å². The molecule has 2 aliphatic heterocycles. The molecule has 8 heteroatoms. The number of nitrogens with zero attached hydrogens (tertiary/aromatic N) is 2. The average molecular weight is 551 g/mol. The Morgan fingerprint density at radius 3 is 2.36 bits per heavy atom. The first-order valence-electron chi connectivity index (χ1n) is 12.0. The highest BCUT2D eigenvalue weighted by atomic mass is 79.9. The van der Waals surface area contributed by atoms with E-state index in [0.29, 0.717) is 23.8 Å². The van der Waals surface area contributed by atoms with Gasteiger partial charge in [0.2, 0.25) is 5.91 Å². The minimum absolute atomic E-state index is 0.292. The van der Waals surface area contributed by atoms with Crippen LogP contribution in [0, 0.1) is 5.92 Å². The Balaban J connectivity index is 1.48. The van der Waals surface area contributed by atoms with Crippen molar-refractivity contribution in [3.8, 4) is 11.5 Å². The maximum Gasteiger partial charge on any atom is 0.266 e. The van der Waals surface area contributed by atoms with Crippen molar-refractivity contribution in [2.45, 2.75) is 31.9 Å². The first-order chi connectivity index (χ1) is 17.5. The lowest BCUT2D eigenvalue weighted by Crippen LogP contribution is -2.37. The third-order valence-corrected chi connectivity index (χ3v) is 7.12. The number of carbonyl (C=O) groups excluding carboxylic acids is 2. The monoisotopic (exact) mass is 550 g/mol. The van der Waals surface area contributed by atoms with E-state index in [9.17, 15) is 9.59 Å². The van der Waals surface area contributed by atoms with Crippen LogP contribution < -0.4 is 19.4 Å². The van der Waals surface area contributed by atoms with Gasteiger partial charge < -0.3 is 9.47 Å². The molecule has 2 heterocycles. The lowest BCUT2D eigenvalue weighted by molar-refractivity contribution is -0.126. The van der Waals surface area contributed by atoms with Crippen molar-refractivity contribution >= 4 is 39.1 Å². The molecular formula is C28H27BrN2O5. The number of hydroxylamine groups is 1. The summed E-state index contributed by atoms with van der Waals surface area (Å²) in [6.07, 6.45) is 1.08. The fraction of sp³-hybridized carbons (Fsp3) is 0.286. The molecule has 186 valence electrons. The van der Waals surface area contributed by atoms with Gasteiger partial charge in [0, 0.05) is 0 Å². The fourth-order valence-electron chi connectivity index (χ4n) is 4.70. The highest BCUT2D eigenvalue weighted by Gasteiger charge is 2.60. The van der Waals surface area contributed by atoms with Crippen molar-refractivity contribution < 1.29 is 23.9 Å². The van der Waals surface area contributed by atoms with Crippen molar-refractivity contribution in [1.82, 2.24) is 0 Å². The van der Waals surface area contributed by atoms with Gasteiger partial charge in [-0.05, 0) is 76.4 Å². The zero-order chi connectivity index (χ0) is 25.2. The molecule has 2 aliphatic rings. The summed E-state index contributed by atoms with van der Waals surface area (Å²) in [5, 5.41) is 1.68. The second-order valence-corrected chi connectivity index (χ2v) is 9.61. The lowest BCUT2D eigenvalue weighted by atomic mass is 9.90. The summed E-state index contributed by atoms with van der Waals surface area (Å²) in [5.41, 5.74) is 2.11. The van der Waals surface area contributed by atoms with Gasteiger partial charge in [-0.3, -0.25) is 14.4 Å². The summed E-state index contributed by atoms with van der Waals surface area (Å²) >= 11 is 3.55. The van der Waals surface area contributed by atoms with Crippen LogP contribution in [0.3, 0.4) is 0 Å². The number of carbonyl (C=O) groups is 2. The van der Waals surface area contributed by atoms with Crippen molar-refractivity contribution in [1.29, 1.82) is 0 Å². The van der Waals surface area contributed by atoms with Crippen LogP contribution in [0.2, 0.25) is 0 Å². The zero-order valence-electron chi connectivity index (χ0n) is 20.1. The molecule has 36 heavy (non-hydrogen) atoms. The van der Waals surface area contributed by atoms with Crippen LogP contribution in [0.15, 0.2) is 77.3 Å². The molecule has 3 aromatic rings. The fourth-order valence-corrected chi connectivity index (χ4v) is 5.26. The molecule has 5 rings (SSSR count). The maximum atomic E-state index is 13.8. The van der Waals surface area contributed by atoms with Crippen LogP contribution in [0.4, 0.5) is 11.4 Å². The molecule has 7 nitrogen and oxygen atoms in total. The molecule has 2 fully saturated rings. The van der Waals surface area contributed by atoms with Gasteiger partial charge >= 0.3 is 0 Å². The molecule has 0 spiro atoms.